The van der Waals surface area contributed by atoms with E-state index < -0.39 is 17.5 Å². The zero-order valence-corrected chi connectivity index (χ0v) is 10.6. The number of rotatable bonds is 6. The van der Waals surface area contributed by atoms with Crippen molar-refractivity contribution in [3.63, 3.8) is 0 Å². The lowest BCUT2D eigenvalue weighted by Crippen LogP contribution is -2.21. The minimum atomic E-state index is -1.53. The van der Waals surface area contributed by atoms with Gasteiger partial charge in [-0.05, 0) is 10.4 Å². The predicted molar refractivity (Wildman–Crippen MR) is 62.6 cm³/mol. The quantitative estimate of drug-likeness (QED) is 0.629. The van der Waals surface area contributed by atoms with Gasteiger partial charge in [0.2, 0.25) is 0 Å². The van der Waals surface area contributed by atoms with Crippen LogP contribution in [0.1, 0.15) is 5.82 Å². The van der Waals surface area contributed by atoms with Crippen LogP contribution in [0.4, 0.5) is 13.2 Å². The van der Waals surface area contributed by atoms with Crippen LogP contribution in [-0.4, -0.2) is 40.5 Å². The van der Waals surface area contributed by atoms with Crippen molar-refractivity contribution in [2.45, 2.75) is 6.54 Å². The van der Waals surface area contributed by atoms with E-state index in [1.807, 2.05) is 0 Å². The maximum absolute atomic E-state index is 13.2. The molecule has 20 heavy (non-hydrogen) atoms. The SMILES string of the molecule is COCCNCc1nnnn1-c1cc(F)c(F)c(F)c1. The molecule has 1 aromatic carbocycles. The number of hydrogen-bond acceptors (Lipinski definition) is 5. The van der Waals surface area contributed by atoms with Crippen molar-refractivity contribution in [3.05, 3.63) is 35.4 Å². The summed E-state index contributed by atoms with van der Waals surface area (Å²) in [6.07, 6.45) is 0. The second-order valence-electron chi connectivity index (χ2n) is 3.90. The molecule has 2 rings (SSSR count). The summed E-state index contributed by atoms with van der Waals surface area (Å²) in [4.78, 5) is 0. The number of tetrazole rings is 1. The molecule has 0 aliphatic rings. The minimum Gasteiger partial charge on any atom is -0.383 e. The summed E-state index contributed by atoms with van der Waals surface area (Å²) in [5, 5.41) is 13.8. The van der Waals surface area contributed by atoms with Gasteiger partial charge in [0.05, 0.1) is 18.8 Å². The molecule has 0 unspecified atom stereocenters. The highest BCUT2D eigenvalue weighted by molar-refractivity contribution is 5.33. The Bertz CT molecular complexity index is 566. The number of hydrogen-bond donors (Lipinski definition) is 1. The molecule has 0 radical (unpaired) electrons. The first-order valence-corrected chi connectivity index (χ1v) is 5.75. The molecule has 0 amide bonds. The van der Waals surface area contributed by atoms with E-state index in [4.69, 9.17) is 4.74 Å². The summed E-state index contributed by atoms with van der Waals surface area (Å²) in [5.74, 6) is -3.78. The fraction of sp³-hybridized carbons (Fsp3) is 0.364. The molecule has 0 saturated heterocycles. The zero-order chi connectivity index (χ0) is 14.5. The number of ether oxygens (including phenoxy) is 1. The van der Waals surface area contributed by atoms with Crippen LogP contribution in [0.15, 0.2) is 12.1 Å². The average molecular weight is 287 g/mol. The first-order valence-electron chi connectivity index (χ1n) is 5.75. The summed E-state index contributed by atoms with van der Waals surface area (Å²) >= 11 is 0. The van der Waals surface area contributed by atoms with Crippen LogP contribution in [-0.2, 0) is 11.3 Å². The summed E-state index contributed by atoms with van der Waals surface area (Å²) in [5.41, 5.74) is 0.00921. The molecule has 0 saturated carbocycles. The molecule has 6 nitrogen and oxygen atoms in total. The van der Waals surface area contributed by atoms with Crippen molar-refractivity contribution in [1.82, 2.24) is 25.5 Å². The Morgan fingerprint density at radius 2 is 1.95 bits per heavy atom. The van der Waals surface area contributed by atoms with Crippen molar-refractivity contribution < 1.29 is 17.9 Å². The molecule has 1 heterocycles. The van der Waals surface area contributed by atoms with Gasteiger partial charge in [0.25, 0.3) is 0 Å². The van der Waals surface area contributed by atoms with Crippen LogP contribution < -0.4 is 5.32 Å². The minimum absolute atomic E-state index is 0.00921. The molecule has 0 atom stereocenters. The zero-order valence-electron chi connectivity index (χ0n) is 10.6. The Kier molecular flexibility index (Phi) is 4.64. The van der Waals surface area contributed by atoms with Crippen LogP contribution in [0, 0.1) is 17.5 Å². The average Bonchev–Trinajstić information content (AvgIpc) is 2.89. The van der Waals surface area contributed by atoms with Crippen molar-refractivity contribution >= 4 is 0 Å². The molecule has 0 fully saturated rings. The van der Waals surface area contributed by atoms with Crippen molar-refractivity contribution in [2.75, 3.05) is 20.3 Å². The van der Waals surface area contributed by atoms with E-state index in [1.54, 1.807) is 7.11 Å². The van der Waals surface area contributed by atoms with E-state index in [-0.39, 0.29) is 12.2 Å². The van der Waals surface area contributed by atoms with Crippen LogP contribution in [0.2, 0.25) is 0 Å². The van der Waals surface area contributed by atoms with Gasteiger partial charge in [0.1, 0.15) is 0 Å². The van der Waals surface area contributed by atoms with Gasteiger partial charge in [-0.15, -0.1) is 5.10 Å². The summed E-state index contributed by atoms with van der Waals surface area (Å²) in [6.45, 7) is 1.34. The summed E-state index contributed by atoms with van der Waals surface area (Å²) in [6, 6.07) is 1.65. The van der Waals surface area contributed by atoms with Crippen molar-refractivity contribution in [1.29, 1.82) is 0 Å². The Morgan fingerprint density at radius 1 is 1.25 bits per heavy atom. The van der Waals surface area contributed by atoms with E-state index >= 15 is 0 Å². The lowest BCUT2D eigenvalue weighted by atomic mass is 10.3. The van der Waals surface area contributed by atoms with Crippen molar-refractivity contribution in [3.8, 4) is 5.69 Å². The van der Waals surface area contributed by atoms with Gasteiger partial charge in [0.15, 0.2) is 23.3 Å². The second-order valence-corrected chi connectivity index (χ2v) is 3.90. The van der Waals surface area contributed by atoms with Crippen LogP contribution >= 0.6 is 0 Å². The van der Waals surface area contributed by atoms with Crippen molar-refractivity contribution in [2.24, 2.45) is 0 Å². The van der Waals surface area contributed by atoms with Gasteiger partial charge in [-0.25, -0.2) is 13.2 Å². The first kappa shape index (κ1) is 14.4. The molecule has 0 aliphatic heterocycles. The van der Waals surface area contributed by atoms with Crippen LogP contribution in [0.3, 0.4) is 0 Å². The summed E-state index contributed by atoms with van der Waals surface area (Å²) < 4.78 is 45.3. The first-order chi connectivity index (χ1) is 9.63. The monoisotopic (exact) mass is 287 g/mol. The molecular weight excluding hydrogens is 275 g/mol. The third kappa shape index (κ3) is 3.11. The maximum Gasteiger partial charge on any atom is 0.194 e. The van der Waals surface area contributed by atoms with Gasteiger partial charge in [0, 0.05) is 25.8 Å². The van der Waals surface area contributed by atoms with E-state index in [9.17, 15) is 13.2 Å². The Balaban J connectivity index is 2.19. The van der Waals surface area contributed by atoms with Gasteiger partial charge >= 0.3 is 0 Å². The van der Waals surface area contributed by atoms with E-state index in [1.165, 1.54) is 0 Å². The Hall–Kier alpha value is -2.00. The van der Waals surface area contributed by atoms with E-state index in [2.05, 4.69) is 20.8 Å². The highest BCUT2D eigenvalue weighted by atomic mass is 19.2. The Morgan fingerprint density at radius 3 is 2.60 bits per heavy atom. The highest BCUT2D eigenvalue weighted by Crippen LogP contribution is 2.16. The van der Waals surface area contributed by atoms with E-state index in [0.717, 1.165) is 16.8 Å². The number of benzene rings is 1. The molecule has 2 aromatic rings. The number of methoxy groups -OCH3 is 1. The van der Waals surface area contributed by atoms with Gasteiger partial charge in [-0.2, -0.15) is 4.68 Å². The highest BCUT2D eigenvalue weighted by Gasteiger charge is 2.15. The maximum atomic E-state index is 13.2. The molecular formula is C11H12F3N5O. The molecule has 1 N–H and O–H groups in total. The van der Waals surface area contributed by atoms with Gasteiger partial charge in [-0.3, -0.25) is 0 Å². The lowest BCUT2D eigenvalue weighted by molar-refractivity contribution is 0.199. The van der Waals surface area contributed by atoms with E-state index in [0.29, 0.717) is 19.0 Å². The molecule has 0 aliphatic carbocycles. The molecule has 108 valence electrons. The molecule has 0 spiro atoms. The topological polar surface area (TPSA) is 64.9 Å². The number of halogens is 3. The second kappa shape index (κ2) is 6.44. The number of aromatic nitrogens is 4. The normalized spacial score (nSPS) is 11.0. The molecule has 9 heteroatoms. The number of nitrogens with one attached hydrogen (secondary N) is 1. The van der Waals surface area contributed by atoms with Crippen LogP contribution in [0.5, 0.6) is 0 Å². The number of nitrogens with zero attached hydrogens (tertiary/aromatic N) is 4. The van der Waals surface area contributed by atoms with Gasteiger partial charge in [-0.1, -0.05) is 0 Å². The van der Waals surface area contributed by atoms with Crippen LogP contribution in [0.25, 0.3) is 5.69 Å². The standard InChI is InChI=1S/C11H12F3N5O/c1-20-3-2-15-6-10-16-17-18-19(10)7-4-8(12)11(14)9(13)5-7/h4-5,15H,2-3,6H2,1H3. The third-order valence-corrected chi connectivity index (χ3v) is 2.51. The Labute approximate surface area is 112 Å². The molecule has 0 bridgehead atoms. The molecule has 1 aromatic heterocycles. The fourth-order valence-corrected chi connectivity index (χ4v) is 1.56. The fourth-order valence-electron chi connectivity index (χ4n) is 1.56. The summed E-state index contributed by atoms with van der Waals surface area (Å²) in [7, 11) is 1.57. The lowest BCUT2D eigenvalue weighted by Gasteiger charge is -2.06. The smallest absolute Gasteiger partial charge is 0.194 e. The third-order valence-electron chi connectivity index (χ3n) is 2.51. The largest absolute Gasteiger partial charge is 0.383 e. The van der Waals surface area contributed by atoms with Gasteiger partial charge < -0.3 is 10.1 Å². The predicted octanol–water partition coefficient (Wildman–Crippen LogP) is 0.816.